The summed E-state index contributed by atoms with van der Waals surface area (Å²) in [6.45, 7) is 10.9. The number of hydrogen-bond donors (Lipinski definition) is 1. The molecule has 2 rings (SSSR count). The third-order valence-electron chi connectivity index (χ3n) is 5.25. The van der Waals surface area contributed by atoms with E-state index in [-0.39, 0.29) is 0 Å². The Hall–Kier alpha value is -0.0800. The van der Waals surface area contributed by atoms with E-state index >= 15 is 0 Å². The van der Waals surface area contributed by atoms with Gasteiger partial charge in [-0.25, -0.2) is 0 Å². The molecule has 0 aromatic rings. The quantitative estimate of drug-likeness (QED) is 0.786. The first-order chi connectivity index (χ1) is 9.19. The molecule has 2 fully saturated rings. The fourth-order valence-electron chi connectivity index (χ4n) is 4.24. The second-order valence-electron chi connectivity index (χ2n) is 7.13. The minimum absolute atomic E-state index is 0.482. The van der Waals surface area contributed by atoms with Crippen LogP contribution in [0.5, 0.6) is 0 Å². The molecule has 2 nitrogen and oxygen atoms in total. The molecule has 0 amide bonds. The standard InChI is InChI=1S/C17H34N2/c1-4-8-15(3)13-19-14-17(10-6-7-11-17)18-12-16(19)9-5-2/h15-16,18H,4-14H2,1-3H3. The van der Waals surface area contributed by atoms with Crippen molar-refractivity contribution in [3.05, 3.63) is 0 Å². The van der Waals surface area contributed by atoms with Gasteiger partial charge in [0.1, 0.15) is 0 Å². The van der Waals surface area contributed by atoms with Crippen molar-refractivity contribution in [3.63, 3.8) is 0 Å². The Labute approximate surface area is 120 Å². The average Bonchev–Trinajstić information content (AvgIpc) is 2.82. The molecule has 0 bridgehead atoms. The maximum Gasteiger partial charge on any atom is 0.0309 e. The molecule has 2 unspecified atom stereocenters. The molecule has 1 aliphatic carbocycles. The summed E-state index contributed by atoms with van der Waals surface area (Å²) in [6.07, 6.45) is 11.1. The first-order valence-corrected chi connectivity index (χ1v) is 8.68. The summed E-state index contributed by atoms with van der Waals surface area (Å²) in [5.74, 6) is 0.862. The van der Waals surface area contributed by atoms with Crippen LogP contribution < -0.4 is 5.32 Å². The van der Waals surface area contributed by atoms with Crippen molar-refractivity contribution in [1.29, 1.82) is 0 Å². The zero-order valence-corrected chi connectivity index (χ0v) is 13.4. The Balaban J connectivity index is 1.95. The van der Waals surface area contributed by atoms with Crippen molar-refractivity contribution < 1.29 is 0 Å². The van der Waals surface area contributed by atoms with Crippen LogP contribution in [0, 0.1) is 5.92 Å². The number of nitrogens with one attached hydrogen (secondary N) is 1. The van der Waals surface area contributed by atoms with E-state index in [1.165, 1.54) is 71.0 Å². The molecule has 2 aliphatic rings. The van der Waals surface area contributed by atoms with Gasteiger partial charge in [0.15, 0.2) is 0 Å². The average molecular weight is 266 g/mol. The highest BCUT2D eigenvalue weighted by molar-refractivity contribution is 5.01. The first-order valence-electron chi connectivity index (χ1n) is 8.68. The summed E-state index contributed by atoms with van der Waals surface area (Å²) < 4.78 is 0. The lowest BCUT2D eigenvalue weighted by Gasteiger charge is -2.47. The van der Waals surface area contributed by atoms with E-state index in [0.29, 0.717) is 5.54 Å². The fraction of sp³-hybridized carbons (Fsp3) is 1.00. The maximum atomic E-state index is 3.92. The van der Waals surface area contributed by atoms with Gasteiger partial charge in [-0.15, -0.1) is 0 Å². The lowest BCUT2D eigenvalue weighted by atomic mass is 9.90. The van der Waals surface area contributed by atoms with Gasteiger partial charge in [0.25, 0.3) is 0 Å². The molecule has 1 saturated carbocycles. The molecule has 2 heteroatoms. The minimum Gasteiger partial charge on any atom is -0.308 e. The zero-order valence-electron chi connectivity index (χ0n) is 13.4. The van der Waals surface area contributed by atoms with Crippen LogP contribution in [0.4, 0.5) is 0 Å². The van der Waals surface area contributed by atoms with Gasteiger partial charge < -0.3 is 5.32 Å². The van der Waals surface area contributed by atoms with E-state index in [2.05, 4.69) is 31.0 Å². The van der Waals surface area contributed by atoms with E-state index < -0.39 is 0 Å². The summed E-state index contributed by atoms with van der Waals surface area (Å²) in [4.78, 5) is 2.84. The highest BCUT2D eigenvalue weighted by Gasteiger charge is 2.40. The summed E-state index contributed by atoms with van der Waals surface area (Å²) in [6, 6.07) is 0.788. The SMILES string of the molecule is CCCC(C)CN1CC2(CCCC2)NCC1CCC. The number of rotatable bonds is 6. The third kappa shape index (κ3) is 3.95. The molecule has 0 aromatic carbocycles. The Morgan fingerprint density at radius 2 is 1.95 bits per heavy atom. The Morgan fingerprint density at radius 3 is 2.58 bits per heavy atom. The lowest BCUT2D eigenvalue weighted by molar-refractivity contribution is 0.0623. The van der Waals surface area contributed by atoms with Crippen LogP contribution in [-0.2, 0) is 0 Å². The van der Waals surface area contributed by atoms with Gasteiger partial charge in [0.2, 0.25) is 0 Å². The maximum absolute atomic E-state index is 3.92. The van der Waals surface area contributed by atoms with Gasteiger partial charge in [-0.05, 0) is 31.6 Å². The normalized spacial score (nSPS) is 28.9. The topological polar surface area (TPSA) is 15.3 Å². The van der Waals surface area contributed by atoms with Crippen LogP contribution in [0.2, 0.25) is 0 Å². The lowest BCUT2D eigenvalue weighted by Crippen LogP contribution is -2.63. The third-order valence-corrected chi connectivity index (χ3v) is 5.25. The smallest absolute Gasteiger partial charge is 0.0309 e. The molecule has 0 aromatic heterocycles. The van der Waals surface area contributed by atoms with Crippen molar-refractivity contribution in [1.82, 2.24) is 10.2 Å². The van der Waals surface area contributed by atoms with Gasteiger partial charge in [-0.1, -0.05) is 46.5 Å². The van der Waals surface area contributed by atoms with E-state index in [1.54, 1.807) is 0 Å². The van der Waals surface area contributed by atoms with Gasteiger partial charge in [-0.3, -0.25) is 4.90 Å². The van der Waals surface area contributed by atoms with E-state index in [1.807, 2.05) is 0 Å². The van der Waals surface area contributed by atoms with E-state index in [4.69, 9.17) is 0 Å². The molecule has 112 valence electrons. The first kappa shape index (κ1) is 15.3. The predicted molar refractivity (Wildman–Crippen MR) is 83.5 cm³/mol. The highest BCUT2D eigenvalue weighted by Crippen LogP contribution is 2.34. The Bertz CT molecular complexity index is 258. The van der Waals surface area contributed by atoms with Crippen molar-refractivity contribution in [3.8, 4) is 0 Å². The molecule has 2 atom stereocenters. The summed E-state index contributed by atoms with van der Waals surface area (Å²) in [5.41, 5.74) is 0.482. The molecule has 1 N–H and O–H groups in total. The summed E-state index contributed by atoms with van der Waals surface area (Å²) in [5, 5.41) is 3.92. The van der Waals surface area contributed by atoms with Crippen LogP contribution in [0.3, 0.4) is 0 Å². The Kier molecular flexibility index (Phi) is 5.70. The van der Waals surface area contributed by atoms with Gasteiger partial charge in [-0.2, -0.15) is 0 Å². The number of piperazine rings is 1. The van der Waals surface area contributed by atoms with Crippen LogP contribution in [0.1, 0.15) is 72.1 Å². The highest BCUT2D eigenvalue weighted by atomic mass is 15.3. The van der Waals surface area contributed by atoms with Crippen LogP contribution in [-0.4, -0.2) is 36.1 Å². The summed E-state index contributed by atoms with van der Waals surface area (Å²) >= 11 is 0. The van der Waals surface area contributed by atoms with Crippen molar-refractivity contribution in [2.75, 3.05) is 19.6 Å². The van der Waals surface area contributed by atoms with Crippen LogP contribution in [0.15, 0.2) is 0 Å². The van der Waals surface area contributed by atoms with Crippen molar-refractivity contribution in [2.45, 2.75) is 83.7 Å². The molecular formula is C17H34N2. The summed E-state index contributed by atoms with van der Waals surface area (Å²) in [7, 11) is 0. The van der Waals surface area contributed by atoms with Crippen molar-refractivity contribution in [2.24, 2.45) is 5.92 Å². The second kappa shape index (κ2) is 7.08. The molecule has 1 spiro atoms. The molecular weight excluding hydrogens is 232 g/mol. The van der Waals surface area contributed by atoms with Gasteiger partial charge in [0, 0.05) is 31.2 Å². The number of nitrogens with zero attached hydrogens (tertiary/aromatic N) is 1. The van der Waals surface area contributed by atoms with E-state index in [0.717, 1.165) is 12.0 Å². The van der Waals surface area contributed by atoms with Crippen LogP contribution in [0.25, 0.3) is 0 Å². The number of hydrogen-bond acceptors (Lipinski definition) is 2. The molecule has 1 aliphatic heterocycles. The minimum atomic E-state index is 0.482. The predicted octanol–water partition coefficient (Wildman–Crippen LogP) is 3.81. The van der Waals surface area contributed by atoms with Gasteiger partial charge >= 0.3 is 0 Å². The molecule has 19 heavy (non-hydrogen) atoms. The molecule has 1 heterocycles. The molecule has 1 saturated heterocycles. The van der Waals surface area contributed by atoms with E-state index in [9.17, 15) is 0 Å². The Morgan fingerprint density at radius 1 is 1.21 bits per heavy atom. The second-order valence-corrected chi connectivity index (χ2v) is 7.13. The van der Waals surface area contributed by atoms with Crippen molar-refractivity contribution >= 4 is 0 Å². The fourth-order valence-corrected chi connectivity index (χ4v) is 4.24. The van der Waals surface area contributed by atoms with Gasteiger partial charge in [0.05, 0.1) is 0 Å². The monoisotopic (exact) mass is 266 g/mol. The van der Waals surface area contributed by atoms with Crippen LogP contribution >= 0.6 is 0 Å². The largest absolute Gasteiger partial charge is 0.308 e. The zero-order chi connectivity index (χ0) is 13.7. The molecule has 0 radical (unpaired) electrons.